The Kier molecular flexibility index (Phi) is 5.29. The number of ether oxygens (including phenoxy) is 1. The monoisotopic (exact) mass is 335 g/mol. The van der Waals surface area contributed by atoms with Crippen molar-refractivity contribution in [2.45, 2.75) is 25.7 Å². The number of benzene rings is 2. The molecule has 2 aromatic carbocycles. The van der Waals surface area contributed by atoms with Gasteiger partial charge in [-0.1, -0.05) is 30.3 Å². The number of ketones is 1. The summed E-state index contributed by atoms with van der Waals surface area (Å²) in [7, 11) is 0. The Bertz CT molecular complexity index is 779. The fourth-order valence-corrected chi connectivity index (χ4v) is 3.03. The van der Waals surface area contributed by atoms with Gasteiger partial charge in [0.15, 0.2) is 5.78 Å². The summed E-state index contributed by atoms with van der Waals surface area (Å²) in [6.45, 7) is 2.14. The van der Waals surface area contributed by atoms with Crippen LogP contribution in [0.1, 0.15) is 41.6 Å². The summed E-state index contributed by atoms with van der Waals surface area (Å²) in [4.78, 5) is 23.8. The second-order valence-corrected chi connectivity index (χ2v) is 6.07. The van der Waals surface area contributed by atoms with Crippen molar-refractivity contribution in [3.05, 3.63) is 77.5 Å². The van der Waals surface area contributed by atoms with E-state index in [4.69, 9.17) is 4.74 Å². The molecule has 3 rings (SSSR count). The Labute approximate surface area is 147 Å². The van der Waals surface area contributed by atoms with Crippen molar-refractivity contribution in [1.82, 2.24) is 0 Å². The minimum Gasteiger partial charge on any atom is -0.462 e. The lowest BCUT2D eigenvalue weighted by atomic mass is 9.85. The first-order valence-electron chi connectivity index (χ1n) is 8.48. The van der Waals surface area contributed by atoms with Crippen LogP contribution in [0.3, 0.4) is 0 Å². The van der Waals surface area contributed by atoms with Crippen molar-refractivity contribution < 1.29 is 14.3 Å². The van der Waals surface area contributed by atoms with Crippen molar-refractivity contribution in [3.63, 3.8) is 0 Å². The van der Waals surface area contributed by atoms with Crippen LogP contribution in [-0.4, -0.2) is 18.4 Å². The van der Waals surface area contributed by atoms with Gasteiger partial charge < -0.3 is 10.1 Å². The highest BCUT2D eigenvalue weighted by Gasteiger charge is 2.22. The zero-order valence-electron chi connectivity index (χ0n) is 14.2. The third-order valence-corrected chi connectivity index (χ3v) is 4.22. The predicted octanol–water partition coefficient (Wildman–Crippen LogP) is 4.31. The van der Waals surface area contributed by atoms with E-state index in [0.29, 0.717) is 18.6 Å². The first-order valence-corrected chi connectivity index (χ1v) is 8.48. The van der Waals surface area contributed by atoms with Crippen LogP contribution in [0.2, 0.25) is 0 Å². The Morgan fingerprint density at radius 2 is 1.80 bits per heavy atom. The van der Waals surface area contributed by atoms with Crippen molar-refractivity contribution in [2.24, 2.45) is 0 Å². The van der Waals surface area contributed by atoms with E-state index in [1.807, 2.05) is 30.3 Å². The van der Waals surface area contributed by atoms with E-state index in [0.717, 1.165) is 17.8 Å². The third-order valence-electron chi connectivity index (χ3n) is 4.22. The average Bonchev–Trinajstić information content (AvgIpc) is 2.63. The van der Waals surface area contributed by atoms with Gasteiger partial charge in [-0.15, -0.1) is 0 Å². The van der Waals surface area contributed by atoms with Crippen molar-refractivity contribution >= 4 is 17.4 Å². The molecule has 0 heterocycles. The molecule has 0 bridgehead atoms. The molecule has 0 spiro atoms. The summed E-state index contributed by atoms with van der Waals surface area (Å²) >= 11 is 0. The fourth-order valence-electron chi connectivity index (χ4n) is 3.03. The van der Waals surface area contributed by atoms with Crippen molar-refractivity contribution in [2.75, 3.05) is 11.9 Å². The SMILES string of the molecule is CCOC(=O)c1ccc(NC2=CC(=O)C[C@H](c3ccccc3)C2)cc1. The molecule has 0 unspecified atom stereocenters. The number of nitrogens with one attached hydrogen (secondary N) is 1. The van der Waals surface area contributed by atoms with Crippen LogP contribution in [0.15, 0.2) is 66.4 Å². The molecule has 0 aliphatic heterocycles. The molecule has 0 saturated carbocycles. The van der Waals surface area contributed by atoms with Gasteiger partial charge in [-0.05, 0) is 49.1 Å². The lowest BCUT2D eigenvalue weighted by molar-refractivity contribution is -0.115. The number of carbonyl (C=O) groups excluding carboxylic acids is 2. The Balaban J connectivity index is 1.69. The van der Waals surface area contributed by atoms with Crippen LogP contribution in [0.4, 0.5) is 5.69 Å². The van der Waals surface area contributed by atoms with E-state index >= 15 is 0 Å². The van der Waals surface area contributed by atoms with Gasteiger partial charge >= 0.3 is 5.97 Å². The summed E-state index contributed by atoms with van der Waals surface area (Å²) in [5.41, 5.74) is 3.44. The van der Waals surface area contributed by atoms with Crippen molar-refractivity contribution in [1.29, 1.82) is 0 Å². The fraction of sp³-hybridized carbons (Fsp3) is 0.238. The molecule has 1 aliphatic rings. The highest BCUT2D eigenvalue weighted by atomic mass is 16.5. The van der Waals surface area contributed by atoms with Gasteiger partial charge in [0.1, 0.15) is 0 Å². The molecule has 25 heavy (non-hydrogen) atoms. The molecule has 0 aromatic heterocycles. The van der Waals surface area contributed by atoms with Crippen LogP contribution in [0, 0.1) is 0 Å². The molecule has 0 radical (unpaired) electrons. The van der Waals surface area contributed by atoms with Gasteiger partial charge in [-0.2, -0.15) is 0 Å². The van der Waals surface area contributed by atoms with Gasteiger partial charge in [-0.25, -0.2) is 4.79 Å². The van der Waals surface area contributed by atoms with Gasteiger partial charge in [-0.3, -0.25) is 4.79 Å². The van der Waals surface area contributed by atoms with Gasteiger partial charge in [0.2, 0.25) is 0 Å². The third kappa shape index (κ3) is 4.35. The molecule has 0 fully saturated rings. The van der Waals surface area contributed by atoms with Gasteiger partial charge in [0.05, 0.1) is 12.2 Å². The summed E-state index contributed by atoms with van der Waals surface area (Å²) in [5, 5.41) is 3.30. The highest BCUT2D eigenvalue weighted by Crippen LogP contribution is 2.31. The largest absolute Gasteiger partial charge is 0.462 e. The van der Waals surface area contributed by atoms with E-state index in [1.54, 1.807) is 25.1 Å². The topological polar surface area (TPSA) is 55.4 Å². The standard InChI is InChI=1S/C21H21NO3/c1-2-25-21(24)16-8-10-18(11-9-16)22-19-12-17(13-20(23)14-19)15-6-4-3-5-7-15/h3-11,14,17,22H,2,12-13H2,1H3/t17-/m1/s1. The smallest absolute Gasteiger partial charge is 0.338 e. The van der Waals surface area contributed by atoms with Crippen LogP contribution in [0.5, 0.6) is 0 Å². The molecular formula is C21H21NO3. The normalized spacial score (nSPS) is 16.9. The molecule has 1 N–H and O–H groups in total. The molecule has 0 saturated heterocycles. The number of rotatable bonds is 5. The lowest BCUT2D eigenvalue weighted by Gasteiger charge is -2.23. The summed E-state index contributed by atoms with van der Waals surface area (Å²) in [6, 6.07) is 17.2. The van der Waals surface area contributed by atoms with E-state index in [9.17, 15) is 9.59 Å². The van der Waals surface area contributed by atoms with Crippen LogP contribution in [0.25, 0.3) is 0 Å². The minimum absolute atomic E-state index is 0.130. The number of allylic oxidation sites excluding steroid dienone is 2. The van der Waals surface area contributed by atoms with Crippen LogP contribution >= 0.6 is 0 Å². The lowest BCUT2D eigenvalue weighted by Crippen LogP contribution is -2.16. The second kappa shape index (κ2) is 7.79. The molecule has 4 heteroatoms. The first kappa shape index (κ1) is 17.0. The molecule has 2 aromatic rings. The van der Waals surface area contributed by atoms with E-state index in [-0.39, 0.29) is 17.7 Å². The number of hydrogen-bond acceptors (Lipinski definition) is 4. The molecule has 0 amide bonds. The maximum atomic E-state index is 12.1. The summed E-state index contributed by atoms with van der Waals surface area (Å²) in [6.07, 6.45) is 3.01. The van der Waals surface area contributed by atoms with Crippen molar-refractivity contribution in [3.8, 4) is 0 Å². The van der Waals surface area contributed by atoms with E-state index < -0.39 is 0 Å². The highest BCUT2D eigenvalue weighted by molar-refractivity contribution is 5.93. The van der Waals surface area contributed by atoms with Gasteiger partial charge in [0, 0.05) is 23.9 Å². The zero-order valence-corrected chi connectivity index (χ0v) is 14.2. The zero-order chi connectivity index (χ0) is 17.6. The molecule has 1 atom stereocenters. The minimum atomic E-state index is -0.328. The molecule has 128 valence electrons. The maximum Gasteiger partial charge on any atom is 0.338 e. The number of anilines is 1. The average molecular weight is 335 g/mol. The van der Waals surface area contributed by atoms with Crippen LogP contribution < -0.4 is 5.32 Å². The van der Waals surface area contributed by atoms with Crippen LogP contribution in [-0.2, 0) is 9.53 Å². The van der Waals surface area contributed by atoms with E-state index in [2.05, 4.69) is 17.4 Å². The Morgan fingerprint density at radius 3 is 2.48 bits per heavy atom. The molecule has 4 nitrogen and oxygen atoms in total. The summed E-state index contributed by atoms with van der Waals surface area (Å²) in [5.74, 6) is -0.00370. The first-order chi connectivity index (χ1) is 12.2. The number of hydrogen-bond donors (Lipinski definition) is 1. The Morgan fingerprint density at radius 1 is 1.08 bits per heavy atom. The second-order valence-electron chi connectivity index (χ2n) is 6.07. The maximum absolute atomic E-state index is 12.1. The summed E-state index contributed by atoms with van der Waals surface area (Å²) < 4.78 is 4.98. The number of esters is 1. The molecule has 1 aliphatic carbocycles. The molecular weight excluding hydrogens is 314 g/mol. The predicted molar refractivity (Wildman–Crippen MR) is 97.5 cm³/mol. The van der Waals surface area contributed by atoms with Gasteiger partial charge in [0.25, 0.3) is 0 Å². The van der Waals surface area contributed by atoms with E-state index in [1.165, 1.54) is 5.56 Å². The Hall–Kier alpha value is -2.88. The number of carbonyl (C=O) groups is 2. The quantitative estimate of drug-likeness (QED) is 0.828.